The first kappa shape index (κ1) is 18.5. The molecule has 2 aliphatic rings. The van der Waals surface area contributed by atoms with Crippen LogP contribution >= 0.6 is 0 Å². The third kappa shape index (κ3) is 3.46. The second-order valence-corrected chi connectivity index (χ2v) is 7.78. The molecule has 6 heteroatoms. The molecule has 2 fully saturated rings. The quantitative estimate of drug-likeness (QED) is 0.794. The van der Waals surface area contributed by atoms with Gasteiger partial charge in [-0.1, -0.05) is 18.2 Å². The van der Waals surface area contributed by atoms with E-state index in [0.717, 1.165) is 24.0 Å². The highest BCUT2D eigenvalue weighted by atomic mass is 19.1. The Kier molecular flexibility index (Phi) is 4.79. The molecule has 146 valence electrons. The fourth-order valence-corrected chi connectivity index (χ4v) is 4.63. The number of carbonyl (C=O) groups excluding carboxylic acids is 2. The summed E-state index contributed by atoms with van der Waals surface area (Å²) in [5.41, 5.74) is 8.83. The minimum absolute atomic E-state index is 0.0527. The predicted molar refractivity (Wildman–Crippen MR) is 107 cm³/mol. The van der Waals surface area contributed by atoms with Gasteiger partial charge in [0.15, 0.2) is 0 Å². The van der Waals surface area contributed by atoms with E-state index < -0.39 is 0 Å². The van der Waals surface area contributed by atoms with Gasteiger partial charge in [-0.3, -0.25) is 9.59 Å². The summed E-state index contributed by atoms with van der Waals surface area (Å²) in [7, 11) is 0. The molecule has 5 nitrogen and oxygen atoms in total. The van der Waals surface area contributed by atoms with Gasteiger partial charge in [-0.05, 0) is 61.1 Å². The van der Waals surface area contributed by atoms with Gasteiger partial charge in [0.1, 0.15) is 5.82 Å². The van der Waals surface area contributed by atoms with Gasteiger partial charge in [0.25, 0.3) is 0 Å². The number of carbonyl (C=O) groups is 2. The fraction of sp³-hybridized carbons (Fsp3) is 0.364. The molecular weight excluding hydrogens is 357 g/mol. The van der Waals surface area contributed by atoms with Crippen LogP contribution in [0.1, 0.15) is 32.6 Å². The van der Waals surface area contributed by atoms with E-state index in [1.165, 1.54) is 12.1 Å². The third-order valence-corrected chi connectivity index (χ3v) is 5.96. The minimum atomic E-state index is -0.292. The Bertz CT molecular complexity index is 898. The van der Waals surface area contributed by atoms with Crippen molar-refractivity contribution in [3.8, 4) is 11.1 Å². The topological polar surface area (TPSA) is 75.4 Å². The zero-order valence-corrected chi connectivity index (χ0v) is 15.8. The molecule has 3 N–H and O–H groups in total. The van der Waals surface area contributed by atoms with E-state index in [0.29, 0.717) is 24.2 Å². The summed E-state index contributed by atoms with van der Waals surface area (Å²) in [5.74, 6) is -0.369. The summed E-state index contributed by atoms with van der Waals surface area (Å²) in [5, 5.41) is 2.97. The zero-order chi connectivity index (χ0) is 19.8. The van der Waals surface area contributed by atoms with Crippen molar-refractivity contribution in [3.63, 3.8) is 0 Å². The fourth-order valence-electron chi connectivity index (χ4n) is 4.63. The number of hydrogen-bond donors (Lipinski definition) is 2. The summed E-state index contributed by atoms with van der Waals surface area (Å²) in [4.78, 5) is 26.7. The highest BCUT2D eigenvalue weighted by molar-refractivity contribution is 5.96. The Balaban J connectivity index is 1.50. The number of nitrogens with one attached hydrogen (secondary N) is 1. The predicted octanol–water partition coefficient (Wildman–Crippen LogP) is 3.80. The van der Waals surface area contributed by atoms with Crippen LogP contribution in [0.25, 0.3) is 11.1 Å². The molecule has 2 bridgehead atoms. The molecule has 0 aromatic heterocycles. The van der Waals surface area contributed by atoms with Crippen LogP contribution in [0.2, 0.25) is 0 Å². The van der Waals surface area contributed by atoms with E-state index in [-0.39, 0.29) is 35.6 Å². The molecule has 0 spiro atoms. The molecule has 2 amide bonds. The lowest BCUT2D eigenvalue weighted by Crippen LogP contribution is -2.47. The van der Waals surface area contributed by atoms with Crippen molar-refractivity contribution in [2.45, 2.75) is 44.7 Å². The smallest absolute Gasteiger partial charge is 0.227 e. The zero-order valence-electron chi connectivity index (χ0n) is 15.8. The second-order valence-electron chi connectivity index (χ2n) is 7.78. The Labute approximate surface area is 163 Å². The van der Waals surface area contributed by atoms with Gasteiger partial charge < -0.3 is 16.0 Å². The Morgan fingerprint density at radius 2 is 1.64 bits per heavy atom. The van der Waals surface area contributed by atoms with Gasteiger partial charge >= 0.3 is 0 Å². The molecular formula is C22H24FN3O2. The van der Waals surface area contributed by atoms with Crippen LogP contribution < -0.4 is 11.1 Å². The average Bonchev–Trinajstić information content (AvgIpc) is 2.94. The molecule has 2 unspecified atom stereocenters. The van der Waals surface area contributed by atoms with Crippen molar-refractivity contribution in [2.75, 3.05) is 11.1 Å². The molecule has 2 heterocycles. The molecule has 0 radical (unpaired) electrons. The molecule has 2 aromatic carbocycles. The van der Waals surface area contributed by atoms with Crippen LogP contribution in [0.3, 0.4) is 0 Å². The van der Waals surface area contributed by atoms with Crippen molar-refractivity contribution in [1.82, 2.24) is 4.90 Å². The third-order valence-electron chi connectivity index (χ3n) is 5.96. The van der Waals surface area contributed by atoms with Crippen LogP contribution in [0.15, 0.2) is 42.5 Å². The van der Waals surface area contributed by atoms with Crippen LogP contribution in [0, 0.1) is 11.7 Å². The molecule has 0 aliphatic carbocycles. The second kappa shape index (κ2) is 7.26. The Hall–Kier alpha value is -2.89. The van der Waals surface area contributed by atoms with Crippen LogP contribution in [0.5, 0.6) is 0 Å². The van der Waals surface area contributed by atoms with Gasteiger partial charge in [-0.25, -0.2) is 4.39 Å². The first-order chi connectivity index (χ1) is 13.4. The Morgan fingerprint density at radius 1 is 1.04 bits per heavy atom. The maximum Gasteiger partial charge on any atom is 0.227 e. The lowest BCUT2D eigenvalue weighted by Gasteiger charge is -2.37. The number of nitrogens with zero attached hydrogens (tertiary/aromatic N) is 1. The maximum absolute atomic E-state index is 13.2. The molecule has 2 aromatic rings. The van der Waals surface area contributed by atoms with Gasteiger partial charge in [0.05, 0.1) is 11.4 Å². The lowest BCUT2D eigenvalue weighted by molar-refractivity contribution is -0.136. The number of halogens is 1. The summed E-state index contributed by atoms with van der Waals surface area (Å²) >= 11 is 0. The van der Waals surface area contributed by atoms with Gasteiger partial charge in [-0.15, -0.1) is 0 Å². The molecule has 2 atom stereocenters. The van der Waals surface area contributed by atoms with Crippen molar-refractivity contribution in [1.29, 1.82) is 0 Å². The molecule has 2 aliphatic heterocycles. The van der Waals surface area contributed by atoms with Crippen LogP contribution in [-0.4, -0.2) is 28.8 Å². The van der Waals surface area contributed by atoms with Crippen molar-refractivity contribution >= 4 is 23.2 Å². The average molecular weight is 381 g/mol. The number of rotatable bonds is 3. The number of benzene rings is 2. The first-order valence-corrected chi connectivity index (χ1v) is 9.67. The number of hydrogen-bond acceptors (Lipinski definition) is 3. The van der Waals surface area contributed by atoms with E-state index in [9.17, 15) is 14.0 Å². The van der Waals surface area contributed by atoms with E-state index in [1.54, 1.807) is 25.1 Å². The van der Waals surface area contributed by atoms with E-state index in [4.69, 9.17) is 5.73 Å². The summed E-state index contributed by atoms with van der Waals surface area (Å²) in [6, 6.07) is 11.9. The molecule has 4 rings (SSSR count). The van der Waals surface area contributed by atoms with Gasteiger partial charge in [0, 0.05) is 24.9 Å². The monoisotopic (exact) mass is 381 g/mol. The van der Waals surface area contributed by atoms with E-state index >= 15 is 0 Å². The largest absolute Gasteiger partial charge is 0.397 e. The normalized spacial score (nSPS) is 23.5. The number of anilines is 2. The van der Waals surface area contributed by atoms with Gasteiger partial charge in [0.2, 0.25) is 11.8 Å². The minimum Gasteiger partial charge on any atom is -0.397 e. The summed E-state index contributed by atoms with van der Waals surface area (Å²) < 4.78 is 13.2. The SMILES string of the molecule is CC(=O)N1C2CCC1CC(C(=O)Nc1cc(-c3ccc(F)cc3)ccc1N)C2. The Morgan fingerprint density at radius 3 is 2.25 bits per heavy atom. The number of fused-ring (bicyclic) bond motifs is 2. The molecule has 28 heavy (non-hydrogen) atoms. The summed E-state index contributed by atoms with van der Waals surface area (Å²) in [6.45, 7) is 1.60. The maximum atomic E-state index is 13.2. The number of nitrogens with two attached hydrogens (primary N) is 1. The highest BCUT2D eigenvalue weighted by Gasteiger charge is 2.44. The van der Waals surface area contributed by atoms with Crippen LogP contribution in [-0.2, 0) is 9.59 Å². The van der Waals surface area contributed by atoms with Crippen molar-refractivity contribution < 1.29 is 14.0 Å². The van der Waals surface area contributed by atoms with E-state index in [2.05, 4.69) is 5.32 Å². The number of amides is 2. The summed E-state index contributed by atoms with van der Waals surface area (Å²) in [6.07, 6.45) is 3.32. The molecule has 2 saturated heterocycles. The standard InChI is InChI=1S/C22H24FN3O2/c1-13(27)26-18-7-8-19(26)11-16(10-18)22(28)25-21-12-15(4-9-20(21)24)14-2-5-17(23)6-3-14/h2-6,9,12,16,18-19H,7-8,10-11,24H2,1H3,(H,25,28). The number of nitrogen functional groups attached to an aromatic ring is 1. The number of piperidine rings is 1. The van der Waals surface area contributed by atoms with Crippen molar-refractivity contribution in [2.24, 2.45) is 5.92 Å². The van der Waals surface area contributed by atoms with Crippen molar-refractivity contribution in [3.05, 3.63) is 48.3 Å². The lowest BCUT2D eigenvalue weighted by atomic mass is 9.89. The molecule has 0 saturated carbocycles. The van der Waals surface area contributed by atoms with Crippen LogP contribution in [0.4, 0.5) is 15.8 Å². The van der Waals surface area contributed by atoms with E-state index in [1.807, 2.05) is 17.0 Å². The first-order valence-electron chi connectivity index (χ1n) is 9.67. The highest BCUT2D eigenvalue weighted by Crippen LogP contribution is 2.39. The van der Waals surface area contributed by atoms with Gasteiger partial charge in [-0.2, -0.15) is 0 Å².